The van der Waals surface area contributed by atoms with Crippen LogP contribution in [0.1, 0.15) is 64.4 Å². The van der Waals surface area contributed by atoms with Gasteiger partial charge in [-0.3, -0.25) is 4.79 Å². The molecule has 0 fully saturated rings. The smallest absolute Gasteiger partial charge is 0.399 e. The quantitative estimate of drug-likeness (QED) is 0.195. The summed E-state index contributed by atoms with van der Waals surface area (Å²) in [6, 6.07) is 7.95. The number of rotatable bonds is 17. The van der Waals surface area contributed by atoms with E-state index in [1.165, 1.54) is 50.5 Å². The number of halogens is 2. The maximum absolute atomic E-state index is 13.0. The first kappa shape index (κ1) is 26.0. The van der Waals surface area contributed by atoms with Crippen molar-refractivity contribution >= 4 is 11.8 Å². The highest BCUT2D eigenvalue weighted by molar-refractivity contribution is 6.04. The van der Waals surface area contributed by atoms with Gasteiger partial charge in [0.25, 0.3) is 0 Å². The molecule has 0 heterocycles. The first-order valence-corrected chi connectivity index (χ1v) is 10.7. The maximum Gasteiger partial charge on any atom is 0.399 e. The Morgan fingerprint density at radius 2 is 1.47 bits per heavy atom. The van der Waals surface area contributed by atoms with E-state index in [1.807, 2.05) is 12.1 Å². The van der Waals surface area contributed by atoms with Crippen molar-refractivity contribution in [3.05, 3.63) is 29.8 Å². The molecule has 0 N–H and O–H groups in total. The first-order valence-electron chi connectivity index (χ1n) is 10.7. The molecule has 0 atom stereocenters. The van der Waals surface area contributed by atoms with E-state index < -0.39 is 17.7 Å². The third-order valence-electron chi connectivity index (χ3n) is 4.65. The molecule has 30 heavy (non-hydrogen) atoms. The predicted molar refractivity (Wildman–Crippen MR) is 111 cm³/mol. The number of benzene rings is 1. The normalized spacial score (nSPS) is 11.3. The van der Waals surface area contributed by atoms with Crippen LogP contribution < -0.4 is 4.74 Å². The van der Waals surface area contributed by atoms with Gasteiger partial charge >= 0.3 is 11.9 Å². The van der Waals surface area contributed by atoms with E-state index in [0.717, 1.165) is 12.2 Å². The largest absolute Gasteiger partial charge is 0.491 e. The number of carbonyl (C=O) groups is 2. The molecule has 0 saturated carbocycles. The Morgan fingerprint density at radius 1 is 0.867 bits per heavy atom. The molecule has 0 unspecified atom stereocenters. The van der Waals surface area contributed by atoms with Crippen LogP contribution in [0.2, 0.25) is 0 Å². The van der Waals surface area contributed by atoms with Gasteiger partial charge in [-0.1, -0.05) is 57.6 Å². The van der Waals surface area contributed by atoms with Crippen LogP contribution in [-0.4, -0.2) is 44.1 Å². The maximum atomic E-state index is 13.0. The number of carbonyl (C=O) groups excluding carboxylic acids is 2. The fourth-order valence-electron chi connectivity index (χ4n) is 2.79. The average molecular weight is 429 g/mol. The van der Waals surface area contributed by atoms with Crippen LogP contribution in [0.5, 0.6) is 5.75 Å². The lowest BCUT2D eigenvalue weighted by atomic mass is 10.0. The summed E-state index contributed by atoms with van der Waals surface area (Å²) < 4.78 is 41.2. The molecule has 0 aliphatic rings. The Balaban J connectivity index is 2.07. The molecule has 1 aromatic rings. The zero-order valence-corrected chi connectivity index (χ0v) is 18.1. The topological polar surface area (TPSA) is 61.8 Å². The molecule has 0 aliphatic carbocycles. The van der Waals surface area contributed by atoms with Crippen molar-refractivity contribution < 1.29 is 32.6 Å². The van der Waals surface area contributed by atoms with Crippen LogP contribution in [0, 0.1) is 0 Å². The van der Waals surface area contributed by atoms with Crippen molar-refractivity contribution in [3.8, 4) is 5.75 Å². The number of hydrogen-bond donors (Lipinski definition) is 0. The number of Topliss-reactive ketones (excluding diaryl/α,β-unsaturated/α-hetero) is 1. The van der Waals surface area contributed by atoms with Crippen LogP contribution >= 0.6 is 0 Å². The van der Waals surface area contributed by atoms with Crippen molar-refractivity contribution in [1.82, 2.24) is 0 Å². The number of ketones is 1. The number of aryl methyl sites for hydroxylation is 1. The number of ether oxygens (including phenoxy) is 3. The fourth-order valence-corrected chi connectivity index (χ4v) is 2.79. The van der Waals surface area contributed by atoms with Gasteiger partial charge < -0.3 is 14.2 Å². The molecule has 0 aromatic heterocycles. The molecule has 7 heteroatoms. The summed E-state index contributed by atoms with van der Waals surface area (Å²) in [5.41, 5.74) is 1.29. The number of hydrogen-bond acceptors (Lipinski definition) is 5. The molecule has 0 saturated heterocycles. The van der Waals surface area contributed by atoms with E-state index in [2.05, 4.69) is 23.8 Å². The Labute approximate surface area is 178 Å². The van der Waals surface area contributed by atoms with E-state index in [9.17, 15) is 18.4 Å². The van der Waals surface area contributed by atoms with Gasteiger partial charge in [-0.05, 0) is 30.5 Å². The summed E-state index contributed by atoms with van der Waals surface area (Å²) in [7, 11) is 0. The van der Waals surface area contributed by atoms with Crippen molar-refractivity contribution in [2.24, 2.45) is 0 Å². The highest BCUT2D eigenvalue weighted by Crippen LogP contribution is 2.17. The first-order chi connectivity index (χ1) is 14.4. The van der Waals surface area contributed by atoms with E-state index in [0.29, 0.717) is 6.92 Å². The average Bonchev–Trinajstić information content (AvgIpc) is 2.73. The summed E-state index contributed by atoms with van der Waals surface area (Å²) >= 11 is 0. The molecule has 0 aliphatic heterocycles. The summed E-state index contributed by atoms with van der Waals surface area (Å²) in [4.78, 5) is 21.7. The van der Waals surface area contributed by atoms with Crippen molar-refractivity contribution in [2.75, 3.05) is 26.4 Å². The molecule has 170 valence electrons. The summed E-state index contributed by atoms with van der Waals surface area (Å²) in [6.07, 6.45) is 10.1. The minimum absolute atomic E-state index is 0.0551. The Hall–Kier alpha value is -2.02. The second-order valence-electron chi connectivity index (χ2n) is 7.24. The third-order valence-corrected chi connectivity index (χ3v) is 4.65. The molecule has 0 amide bonds. The van der Waals surface area contributed by atoms with Crippen LogP contribution in [0.15, 0.2) is 24.3 Å². The summed E-state index contributed by atoms with van der Waals surface area (Å²) in [5.74, 6) is -6.78. The fraction of sp³-hybridized carbons (Fsp3) is 0.652. The van der Waals surface area contributed by atoms with E-state index in [4.69, 9.17) is 9.47 Å². The van der Waals surface area contributed by atoms with Crippen LogP contribution in [0.3, 0.4) is 0 Å². The molecule has 1 rings (SSSR count). The van der Waals surface area contributed by atoms with E-state index in [-0.39, 0.29) is 26.4 Å². The van der Waals surface area contributed by atoms with Gasteiger partial charge in [-0.2, -0.15) is 8.78 Å². The van der Waals surface area contributed by atoms with Gasteiger partial charge in [0.1, 0.15) is 19.0 Å². The second kappa shape index (κ2) is 14.9. The Bertz CT molecular complexity index is 617. The molecular formula is C23H34F2O5. The standard InChI is InChI=1S/C23H34F2O5/c1-3-4-5-6-7-8-9-10-20-11-13-21(14-12-20)29-17-15-28-16-18-30-22(27)23(24,25)19(2)26/h11-14H,3-10,15-18H2,1-2H3. The van der Waals surface area contributed by atoms with Crippen LogP contribution in [0.4, 0.5) is 8.78 Å². The molecule has 0 spiro atoms. The molecule has 0 bridgehead atoms. The monoisotopic (exact) mass is 428 g/mol. The van der Waals surface area contributed by atoms with E-state index in [1.54, 1.807) is 0 Å². The van der Waals surface area contributed by atoms with Gasteiger partial charge in [0.2, 0.25) is 5.78 Å². The predicted octanol–water partition coefficient (Wildman–Crippen LogP) is 5.14. The minimum Gasteiger partial charge on any atom is -0.491 e. The van der Waals surface area contributed by atoms with Gasteiger partial charge in [-0.25, -0.2) is 4.79 Å². The third kappa shape index (κ3) is 10.7. The molecule has 0 radical (unpaired) electrons. The van der Waals surface area contributed by atoms with Crippen LogP contribution in [0.25, 0.3) is 0 Å². The van der Waals surface area contributed by atoms with Gasteiger partial charge in [-0.15, -0.1) is 0 Å². The Kier molecular flexibility index (Phi) is 12.9. The number of unbranched alkanes of at least 4 members (excludes halogenated alkanes) is 6. The highest BCUT2D eigenvalue weighted by Gasteiger charge is 2.46. The lowest BCUT2D eigenvalue weighted by molar-refractivity contribution is -0.177. The lowest BCUT2D eigenvalue weighted by Gasteiger charge is -2.12. The van der Waals surface area contributed by atoms with Gasteiger partial charge in [0, 0.05) is 6.92 Å². The summed E-state index contributed by atoms with van der Waals surface area (Å²) in [6.45, 7) is 2.96. The molecular weight excluding hydrogens is 394 g/mol. The van der Waals surface area contributed by atoms with Crippen molar-refractivity contribution in [1.29, 1.82) is 0 Å². The minimum atomic E-state index is -4.11. The zero-order valence-electron chi connectivity index (χ0n) is 18.1. The molecule has 5 nitrogen and oxygen atoms in total. The Morgan fingerprint density at radius 3 is 2.10 bits per heavy atom. The SMILES string of the molecule is CCCCCCCCCc1ccc(OCCOCCOC(=O)C(F)(F)C(C)=O)cc1. The highest BCUT2D eigenvalue weighted by atomic mass is 19.3. The van der Waals surface area contributed by atoms with Gasteiger partial charge in [0.05, 0.1) is 13.2 Å². The van der Waals surface area contributed by atoms with Crippen molar-refractivity contribution in [2.45, 2.75) is 71.1 Å². The van der Waals surface area contributed by atoms with Gasteiger partial charge in [0.15, 0.2) is 0 Å². The molecule has 1 aromatic carbocycles. The van der Waals surface area contributed by atoms with Crippen LogP contribution in [-0.2, 0) is 25.5 Å². The zero-order chi connectivity index (χ0) is 22.2. The van der Waals surface area contributed by atoms with E-state index >= 15 is 0 Å². The lowest BCUT2D eigenvalue weighted by Crippen LogP contribution is -2.38. The van der Waals surface area contributed by atoms with Crippen molar-refractivity contribution in [3.63, 3.8) is 0 Å². The number of alkyl halides is 2. The second-order valence-corrected chi connectivity index (χ2v) is 7.24. The summed E-state index contributed by atoms with van der Waals surface area (Å²) in [5, 5.41) is 0. The number of esters is 1.